The molecule has 1 saturated carbocycles. The Bertz CT molecular complexity index is 983. The van der Waals surface area contributed by atoms with Crippen LogP contribution in [0.5, 0.6) is 0 Å². The number of amides is 1. The lowest BCUT2D eigenvalue weighted by Gasteiger charge is -2.53. The summed E-state index contributed by atoms with van der Waals surface area (Å²) in [6, 6.07) is 5.66. The average Bonchev–Trinajstić information content (AvgIpc) is 2.74. The molecule has 1 N–H and O–H groups in total. The van der Waals surface area contributed by atoms with Crippen LogP contribution < -0.4 is 10.2 Å². The Kier molecular flexibility index (Phi) is 5.37. The van der Waals surface area contributed by atoms with E-state index in [0.29, 0.717) is 42.2 Å². The number of anilines is 1. The molecular weight excluding hydrogens is 391 g/mol. The number of likely N-dealkylation sites (tertiary alicyclic amines) is 1. The van der Waals surface area contributed by atoms with Gasteiger partial charge >= 0.3 is 0 Å². The monoisotopic (exact) mass is 424 g/mol. The molecule has 2 aromatic rings. The summed E-state index contributed by atoms with van der Waals surface area (Å²) in [5, 5.41) is 4.30. The zero-order chi connectivity index (χ0) is 21.7. The number of benzene rings is 1. The van der Waals surface area contributed by atoms with Gasteiger partial charge in [-0.15, -0.1) is 0 Å². The smallest absolute Gasteiger partial charge is 0.220 e. The van der Waals surface area contributed by atoms with Gasteiger partial charge in [0, 0.05) is 61.5 Å². The second kappa shape index (κ2) is 8.05. The molecule has 2 aliphatic heterocycles. The molecule has 5 nitrogen and oxygen atoms in total. The number of aryl methyl sites for hydroxylation is 1. The van der Waals surface area contributed by atoms with Gasteiger partial charge < -0.3 is 15.1 Å². The van der Waals surface area contributed by atoms with Gasteiger partial charge in [0.25, 0.3) is 0 Å². The normalized spacial score (nSPS) is 30.8. The Balaban J connectivity index is 1.29. The quantitative estimate of drug-likeness (QED) is 0.815. The van der Waals surface area contributed by atoms with E-state index >= 15 is 0 Å². The molecule has 166 valence electrons. The highest BCUT2D eigenvalue weighted by atomic mass is 19.1. The SMILES string of the molecule is Cc1c(F)cc(N2CC(NC(=O)CC3C4CC3CN(C)C4)C[C@H](C)C2)c2cccnc12. The number of fused-ring (bicyclic) bond motifs is 3. The summed E-state index contributed by atoms with van der Waals surface area (Å²) in [4.78, 5) is 21.9. The van der Waals surface area contributed by atoms with Crippen LogP contribution in [0, 0.1) is 36.4 Å². The first-order chi connectivity index (χ1) is 14.9. The van der Waals surface area contributed by atoms with E-state index in [9.17, 15) is 9.18 Å². The molecule has 5 rings (SSSR count). The van der Waals surface area contributed by atoms with Crippen molar-refractivity contribution in [1.29, 1.82) is 0 Å². The number of hydrogen-bond donors (Lipinski definition) is 1. The number of carbonyl (C=O) groups excluding carboxylic acids is 1. The second-order valence-corrected chi connectivity index (χ2v) is 10.3. The number of halogens is 1. The molecule has 1 aliphatic carbocycles. The number of hydrogen-bond acceptors (Lipinski definition) is 4. The van der Waals surface area contributed by atoms with Crippen molar-refractivity contribution in [2.45, 2.75) is 39.2 Å². The minimum Gasteiger partial charge on any atom is -0.369 e. The number of carbonyl (C=O) groups is 1. The maximum atomic E-state index is 14.7. The number of aromatic nitrogens is 1. The van der Waals surface area contributed by atoms with Crippen molar-refractivity contribution in [1.82, 2.24) is 15.2 Å². The van der Waals surface area contributed by atoms with Crippen LogP contribution in [0.15, 0.2) is 24.4 Å². The van der Waals surface area contributed by atoms with Crippen molar-refractivity contribution >= 4 is 22.5 Å². The standard InChI is InChI=1S/C25H33FN4O/c1-15-7-19(28-24(31)9-21-17-8-18(21)13-29(3)12-17)14-30(11-15)23-10-22(26)16(2)25-20(23)5-4-6-27-25/h4-6,10,15,17-19,21H,7-9,11-14H2,1-3H3,(H,28,31)/t15-,17?,18?,19?,21?/m0/s1. The minimum atomic E-state index is -0.221. The molecule has 31 heavy (non-hydrogen) atoms. The van der Waals surface area contributed by atoms with Gasteiger partial charge in [0.1, 0.15) is 5.82 Å². The fourth-order valence-corrected chi connectivity index (χ4v) is 6.30. The molecule has 3 fully saturated rings. The summed E-state index contributed by atoms with van der Waals surface area (Å²) in [5.74, 6) is 2.31. The number of piperidine rings is 3. The molecular formula is C25H33FN4O. The van der Waals surface area contributed by atoms with E-state index in [0.717, 1.165) is 42.6 Å². The van der Waals surface area contributed by atoms with Crippen LogP contribution in [-0.4, -0.2) is 55.1 Å². The molecule has 6 heteroatoms. The van der Waals surface area contributed by atoms with Gasteiger partial charge in [-0.3, -0.25) is 9.78 Å². The van der Waals surface area contributed by atoms with Crippen molar-refractivity contribution < 1.29 is 9.18 Å². The third-order valence-electron chi connectivity index (χ3n) is 7.76. The van der Waals surface area contributed by atoms with Crippen molar-refractivity contribution in [3.05, 3.63) is 35.8 Å². The molecule has 1 amide bonds. The average molecular weight is 425 g/mol. The Hall–Kier alpha value is -2.21. The lowest BCUT2D eigenvalue weighted by atomic mass is 9.60. The van der Waals surface area contributed by atoms with E-state index in [1.165, 1.54) is 6.42 Å². The predicted octanol–water partition coefficient (Wildman–Crippen LogP) is 3.60. The Morgan fingerprint density at radius 1 is 1.23 bits per heavy atom. The molecule has 3 unspecified atom stereocenters. The van der Waals surface area contributed by atoms with Crippen LogP contribution in [0.2, 0.25) is 0 Å². The molecule has 4 atom stereocenters. The van der Waals surface area contributed by atoms with Crippen LogP contribution >= 0.6 is 0 Å². The fraction of sp³-hybridized carbons (Fsp3) is 0.600. The zero-order valence-corrected chi connectivity index (χ0v) is 18.8. The number of pyridine rings is 1. The summed E-state index contributed by atoms with van der Waals surface area (Å²) in [6.07, 6.45) is 4.62. The summed E-state index contributed by atoms with van der Waals surface area (Å²) < 4.78 is 14.7. The molecule has 2 saturated heterocycles. The maximum Gasteiger partial charge on any atom is 0.220 e. The van der Waals surface area contributed by atoms with E-state index < -0.39 is 0 Å². The Labute approximate surface area is 184 Å². The van der Waals surface area contributed by atoms with Crippen molar-refractivity contribution in [2.24, 2.45) is 23.7 Å². The molecule has 2 bridgehead atoms. The van der Waals surface area contributed by atoms with Gasteiger partial charge in [0.2, 0.25) is 5.91 Å². The van der Waals surface area contributed by atoms with Crippen LogP contribution in [0.1, 0.15) is 31.7 Å². The molecule has 3 aliphatic rings. The zero-order valence-electron chi connectivity index (χ0n) is 18.8. The highest BCUT2D eigenvalue weighted by Gasteiger charge is 2.46. The van der Waals surface area contributed by atoms with Gasteiger partial charge in [-0.05, 0) is 68.7 Å². The van der Waals surface area contributed by atoms with Gasteiger partial charge in [0.15, 0.2) is 0 Å². The summed E-state index contributed by atoms with van der Waals surface area (Å²) in [7, 11) is 2.18. The Morgan fingerprint density at radius 3 is 2.77 bits per heavy atom. The Morgan fingerprint density at radius 2 is 2.00 bits per heavy atom. The van der Waals surface area contributed by atoms with Crippen LogP contribution in [0.25, 0.3) is 10.9 Å². The first-order valence-corrected chi connectivity index (χ1v) is 11.7. The largest absolute Gasteiger partial charge is 0.369 e. The predicted molar refractivity (Wildman–Crippen MR) is 122 cm³/mol. The third-order valence-corrected chi connectivity index (χ3v) is 7.76. The topological polar surface area (TPSA) is 48.5 Å². The van der Waals surface area contributed by atoms with Gasteiger partial charge in [-0.25, -0.2) is 4.39 Å². The number of rotatable bonds is 4. The number of nitrogens with one attached hydrogen (secondary N) is 1. The summed E-state index contributed by atoms with van der Waals surface area (Å²) in [6.45, 7) is 7.82. The second-order valence-electron chi connectivity index (χ2n) is 10.3. The van der Waals surface area contributed by atoms with Crippen molar-refractivity contribution in [3.63, 3.8) is 0 Å². The lowest BCUT2D eigenvalue weighted by molar-refractivity contribution is -0.128. The van der Waals surface area contributed by atoms with E-state index in [2.05, 4.69) is 34.1 Å². The fourth-order valence-electron chi connectivity index (χ4n) is 6.30. The lowest BCUT2D eigenvalue weighted by Crippen LogP contribution is -2.56. The molecule has 1 aromatic heterocycles. The minimum absolute atomic E-state index is 0.0925. The maximum absolute atomic E-state index is 14.7. The summed E-state index contributed by atoms with van der Waals surface area (Å²) >= 11 is 0. The van der Waals surface area contributed by atoms with E-state index in [1.54, 1.807) is 19.2 Å². The first kappa shape index (κ1) is 20.7. The molecule has 0 spiro atoms. The molecule has 1 aromatic carbocycles. The molecule has 0 radical (unpaired) electrons. The van der Waals surface area contributed by atoms with Crippen LogP contribution in [0.4, 0.5) is 10.1 Å². The van der Waals surface area contributed by atoms with E-state index in [1.807, 2.05) is 12.1 Å². The van der Waals surface area contributed by atoms with Crippen LogP contribution in [-0.2, 0) is 4.79 Å². The van der Waals surface area contributed by atoms with Gasteiger partial charge in [-0.2, -0.15) is 0 Å². The van der Waals surface area contributed by atoms with Gasteiger partial charge in [0.05, 0.1) is 5.52 Å². The van der Waals surface area contributed by atoms with Crippen molar-refractivity contribution in [2.75, 3.05) is 38.1 Å². The summed E-state index contributed by atoms with van der Waals surface area (Å²) in [5.41, 5.74) is 2.19. The van der Waals surface area contributed by atoms with Gasteiger partial charge in [-0.1, -0.05) is 6.92 Å². The highest BCUT2D eigenvalue weighted by molar-refractivity contribution is 5.94. The molecule has 3 heterocycles. The first-order valence-electron chi connectivity index (χ1n) is 11.7. The van der Waals surface area contributed by atoms with E-state index in [4.69, 9.17) is 0 Å². The number of nitrogens with zero attached hydrogens (tertiary/aromatic N) is 3. The van der Waals surface area contributed by atoms with Crippen LogP contribution in [0.3, 0.4) is 0 Å². The third kappa shape index (κ3) is 3.91. The van der Waals surface area contributed by atoms with Crippen molar-refractivity contribution in [3.8, 4) is 0 Å². The highest BCUT2D eigenvalue weighted by Crippen LogP contribution is 2.46. The van der Waals surface area contributed by atoms with E-state index in [-0.39, 0.29) is 17.8 Å².